The first kappa shape index (κ1) is 95.6. The number of H-pyrrole nitrogens is 1. The third-order valence-electron chi connectivity index (χ3n) is 18.1. The SMILES string of the molecule is CCC(C)CCCCCCC(=O)NC(Cc1c[nH]c2ccccc12)C(=O)NC(CC(N)=O)C(=O)NC(CC(=O)O)C(=O)NC1C(=O)NCC(=O)NC(CCCN)C(=O)NC(CC(=O)O)C(=O)NC(CO)C(=O)NC(CC(=O)O)C(=O)NCC(=O)NC(CO)C(=O)NC(CCC(=O)O)C(=O)NC(CC(=O)c2ccccc2N)C(=O)OC1C. The molecular formula is C72H101N17O27. The van der Waals surface area contributed by atoms with Gasteiger partial charge in [0.1, 0.15) is 72.6 Å². The highest BCUT2D eigenvalue weighted by atomic mass is 16.5. The number of rotatable bonds is 36. The minimum Gasteiger partial charge on any atom is -0.481 e. The van der Waals surface area contributed by atoms with E-state index in [1.807, 2.05) is 21.3 Å². The fraction of sp³-hybridized carbons (Fsp3) is 0.528. The minimum atomic E-state index is -2.46. The lowest BCUT2D eigenvalue weighted by molar-refractivity contribution is -0.156. The van der Waals surface area contributed by atoms with E-state index < -0.39 is 269 Å². The van der Waals surface area contributed by atoms with Crippen LogP contribution < -0.4 is 86.3 Å². The summed E-state index contributed by atoms with van der Waals surface area (Å²) in [6, 6.07) is -11.3. The number of nitrogens with one attached hydrogen (secondary N) is 14. The molecule has 4 rings (SSSR count). The van der Waals surface area contributed by atoms with Crippen LogP contribution in [0.2, 0.25) is 0 Å². The van der Waals surface area contributed by atoms with Gasteiger partial charge in [0.25, 0.3) is 0 Å². The number of nitrogen functional groups attached to an aromatic ring is 1. The number of aliphatic hydroxyl groups is 2. The van der Waals surface area contributed by atoms with Gasteiger partial charge in [0.05, 0.1) is 52.0 Å². The molecule has 44 nitrogen and oxygen atoms in total. The second-order valence-corrected chi connectivity index (χ2v) is 27.3. The molecule has 14 amide bonds. The summed E-state index contributed by atoms with van der Waals surface area (Å²) in [5, 5.41) is 88.0. The normalized spacial score (nSPS) is 21.1. The summed E-state index contributed by atoms with van der Waals surface area (Å²) in [5.41, 5.74) is 18.0. The second-order valence-electron chi connectivity index (χ2n) is 27.3. The number of primary amides is 1. The molecule has 13 atom stereocenters. The monoisotopic (exact) mass is 1640 g/mol. The van der Waals surface area contributed by atoms with Crippen molar-refractivity contribution in [1.82, 2.24) is 74.1 Å². The maximum absolute atomic E-state index is 14.8. The predicted octanol–water partition coefficient (Wildman–Crippen LogP) is -6.65. The van der Waals surface area contributed by atoms with Crippen molar-refractivity contribution >= 4 is 135 Å². The first-order chi connectivity index (χ1) is 54.9. The van der Waals surface area contributed by atoms with E-state index in [9.17, 15) is 127 Å². The minimum absolute atomic E-state index is 0.0278. The number of ether oxygens (including phenoxy) is 1. The first-order valence-corrected chi connectivity index (χ1v) is 37.0. The summed E-state index contributed by atoms with van der Waals surface area (Å²) in [6.07, 6.45) is -4.63. The number of benzene rings is 2. The largest absolute Gasteiger partial charge is 0.481 e. The third kappa shape index (κ3) is 32.8. The van der Waals surface area contributed by atoms with Crippen LogP contribution in [0, 0.1) is 5.92 Å². The number of amides is 14. The molecule has 1 fully saturated rings. The van der Waals surface area contributed by atoms with Crippen molar-refractivity contribution in [3.05, 3.63) is 65.9 Å². The number of hydrogen-bond acceptors (Lipinski definition) is 25. The van der Waals surface area contributed by atoms with Crippen molar-refractivity contribution in [2.75, 3.05) is 38.6 Å². The number of esters is 1. The van der Waals surface area contributed by atoms with E-state index in [4.69, 9.17) is 21.9 Å². The van der Waals surface area contributed by atoms with Gasteiger partial charge < -0.3 is 127 Å². The molecule has 2 heterocycles. The van der Waals surface area contributed by atoms with E-state index in [0.29, 0.717) is 35.2 Å². The number of carbonyl (C=O) groups excluding carboxylic acids is 16. The Labute approximate surface area is 662 Å². The smallest absolute Gasteiger partial charge is 0.329 e. The molecule has 636 valence electrons. The van der Waals surface area contributed by atoms with Crippen LogP contribution in [0.5, 0.6) is 0 Å². The average molecular weight is 1640 g/mol. The summed E-state index contributed by atoms with van der Waals surface area (Å²) >= 11 is 0. The Hall–Kier alpha value is -12.7. The van der Waals surface area contributed by atoms with E-state index in [1.165, 1.54) is 24.3 Å². The third-order valence-corrected chi connectivity index (χ3v) is 18.1. The lowest BCUT2D eigenvalue weighted by Crippen LogP contribution is -2.61. The zero-order chi connectivity index (χ0) is 86.5. The Bertz CT molecular complexity index is 4060. The molecule has 1 aliphatic heterocycles. The van der Waals surface area contributed by atoms with Gasteiger partial charge in [0.2, 0.25) is 82.7 Å². The van der Waals surface area contributed by atoms with Gasteiger partial charge in [-0.3, -0.25) is 91.1 Å². The van der Waals surface area contributed by atoms with Crippen molar-refractivity contribution < 1.29 is 131 Å². The van der Waals surface area contributed by atoms with Crippen molar-refractivity contribution in [1.29, 1.82) is 0 Å². The molecule has 1 aromatic heterocycles. The number of hydrogen-bond donors (Lipinski definition) is 23. The van der Waals surface area contributed by atoms with E-state index in [2.05, 4.69) is 66.7 Å². The van der Waals surface area contributed by atoms with Gasteiger partial charge in [0.15, 0.2) is 5.78 Å². The number of Topliss-reactive ketones (excluding diaryl/α,β-unsaturated/α-hetero) is 1. The number of aliphatic hydroxyl groups excluding tert-OH is 2. The first-order valence-electron chi connectivity index (χ1n) is 37.0. The van der Waals surface area contributed by atoms with E-state index >= 15 is 0 Å². The molecule has 1 saturated heterocycles. The molecular weight excluding hydrogens is 1530 g/mol. The highest BCUT2D eigenvalue weighted by Crippen LogP contribution is 2.21. The van der Waals surface area contributed by atoms with Crippen molar-refractivity contribution in [3.8, 4) is 0 Å². The maximum Gasteiger partial charge on any atom is 0.329 e. The van der Waals surface area contributed by atoms with Crippen molar-refractivity contribution in [2.45, 2.75) is 202 Å². The van der Waals surface area contributed by atoms with E-state index in [0.717, 1.165) is 32.6 Å². The summed E-state index contributed by atoms with van der Waals surface area (Å²) in [5.74, 6) is -28.5. The van der Waals surface area contributed by atoms with Gasteiger partial charge in [-0.25, -0.2) is 4.79 Å². The molecule has 44 heteroatoms. The molecule has 1 aliphatic rings. The maximum atomic E-state index is 14.8. The number of nitrogens with two attached hydrogens (primary N) is 3. The van der Waals surface area contributed by atoms with Crippen LogP contribution in [-0.4, -0.2) is 259 Å². The molecule has 0 saturated carbocycles. The number of carboxylic acid groups (broad SMARTS) is 4. The van der Waals surface area contributed by atoms with Gasteiger partial charge in [-0.2, -0.15) is 0 Å². The fourth-order valence-corrected chi connectivity index (χ4v) is 11.6. The van der Waals surface area contributed by atoms with Crippen LogP contribution in [0.4, 0.5) is 5.69 Å². The standard InChI is InChI=1S/C72H101N17O27/c1-4-35(2)14-7-5-6-8-20-54(94)80-44(24-37-30-76-41-18-12-10-15-38(37)41)65(108)83-45(26-53(75)93)66(109)86-48(29-60(103)104)68(111)89-61-36(3)116-72(115)49(25-52(92)39-16-9-11-17-40(39)74)87-64(107)43(21-22-57(97)98)82-69(112)50(33-90)81-56(96)31-77-62(105)46(27-58(99)100)84-70(113)51(34-91)88-67(110)47(28-59(101)102)85-63(106)42(19-13-23-73)79-55(95)32-78-71(61)114/h9-12,15-18,30,35-36,42-51,61,76,90-91H,4-8,13-14,19-29,31-34,73-74H2,1-3H3,(H2,75,93)(H,77,105)(H,78,114)(H,79,95)(H,80,94)(H,81,96)(H,82,112)(H,83,108)(H,84,113)(H,85,106)(H,86,109)(H,87,107)(H,88,110)(H,89,111)(H,97,98)(H,99,100)(H,101,102)(H,103,104). The quantitative estimate of drug-likeness (QED) is 0.0111. The highest BCUT2D eigenvalue weighted by Gasteiger charge is 2.41. The van der Waals surface area contributed by atoms with Crippen LogP contribution in [0.3, 0.4) is 0 Å². The van der Waals surface area contributed by atoms with Gasteiger partial charge >= 0.3 is 29.8 Å². The zero-order valence-electron chi connectivity index (χ0n) is 63.7. The summed E-state index contributed by atoms with van der Waals surface area (Å²) in [7, 11) is 0. The number of cyclic esters (lactones) is 1. The number of aliphatic carboxylic acids is 4. The molecule has 2 aromatic carbocycles. The van der Waals surface area contributed by atoms with Gasteiger partial charge in [0, 0.05) is 54.0 Å². The number of carboxylic acids is 4. The second kappa shape index (κ2) is 48.4. The Kier molecular flexibility index (Phi) is 39.9. The number of aromatic amines is 1. The van der Waals surface area contributed by atoms with Crippen LogP contribution in [-0.2, 0) is 102 Å². The number of para-hydroxylation sites is 2. The summed E-state index contributed by atoms with van der Waals surface area (Å²) in [6.45, 7) is -0.306. The molecule has 116 heavy (non-hydrogen) atoms. The van der Waals surface area contributed by atoms with Gasteiger partial charge in [-0.1, -0.05) is 76.3 Å². The predicted molar refractivity (Wildman–Crippen MR) is 402 cm³/mol. The Morgan fingerprint density at radius 3 is 1.62 bits per heavy atom. The number of fused-ring (bicyclic) bond motifs is 1. The number of unbranched alkanes of at least 4 members (excludes halogenated alkanes) is 3. The number of ketones is 1. The molecule has 0 aliphatic carbocycles. The molecule has 0 spiro atoms. The number of carbonyl (C=O) groups is 20. The van der Waals surface area contributed by atoms with E-state index in [1.54, 1.807) is 30.5 Å². The van der Waals surface area contributed by atoms with Crippen molar-refractivity contribution in [2.24, 2.45) is 17.4 Å². The Balaban J connectivity index is 1.86. The van der Waals surface area contributed by atoms with Gasteiger partial charge in [-0.15, -0.1) is 0 Å². The molecule has 13 unspecified atom stereocenters. The van der Waals surface area contributed by atoms with Gasteiger partial charge in [-0.05, 0) is 68.8 Å². The van der Waals surface area contributed by atoms with Crippen LogP contribution in [0.15, 0.2) is 54.7 Å². The van der Waals surface area contributed by atoms with Crippen LogP contribution in [0.25, 0.3) is 10.9 Å². The Morgan fingerprint density at radius 1 is 0.534 bits per heavy atom. The molecule has 0 bridgehead atoms. The lowest BCUT2D eigenvalue weighted by atomic mass is 10.00. The fourth-order valence-electron chi connectivity index (χ4n) is 11.6. The summed E-state index contributed by atoms with van der Waals surface area (Å²) < 4.78 is 5.65. The molecule has 3 aromatic rings. The highest BCUT2D eigenvalue weighted by molar-refractivity contribution is 6.05. The topological polar surface area (TPSA) is 722 Å². The van der Waals surface area contributed by atoms with Crippen LogP contribution in [0.1, 0.15) is 139 Å². The number of aromatic nitrogens is 1. The average Bonchev–Trinajstić information content (AvgIpc) is 1.57. The van der Waals surface area contributed by atoms with Crippen LogP contribution >= 0.6 is 0 Å². The Morgan fingerprint density at radius 2 is 1.04 bits per heavy atom. The molecule has 26 N–H and O–H groups in total. The molecule has 0 radical (unpaired) electrons. The van der Waals surface area contributed by atoms with E-state index in [-0.39, 0.29) is 37.1 Å². The van der Waals surface area contributed by atoms with Crippen molar-refractivity contribution in [3.63, 3.8) is 0 Å². The number of anilines is 1. The summed E-state index contributed by atoms with van der Waals surface area (Å²) in [4.78, 5) is 276. The zero-order valence-corrected chi connectivity index (χ0v) is 63.7. The lowest BCUT2D eigenvalue weighted by Gasteiger charge is -2.29.